The zero-order valence-electron chi connectivity index (χ0n) is 16.1. The van der Waals surface area contributed by atoms with Crippen molar-refractivity contribution in [3.05, 3.63) is 92.2 Å². The fourth-order valence-electron chi connectivity index (χ4n) is 3.40. The fraction of sp³-hybridized carbons (Fsp3) is 0.174. The van der Waals surface area contributed by atoms with Gasteiger partial charge in [-0.2, -0.15) is 0 Å². The SMILES string of the molecule is CN1CCN=C(c2cccc(Cl)c2SCc2ccc(Cl)c(Cl)c2)c2ccc(F)cc21. The van der Waals surface area contributed by atoms with Crippen LogP contribution in [-0.2, 0) is 5.75 Å². The van der Waals surface area contributed by atoms with E-state index in [0.29, 0.717) is 33.9 Å². The van der Waals surface area contributed by atoms with Crippen molar-refractivity contribution in [1.29, 1.82) is 0 Å². The van der Waals surface area contributed by atoms with Gasteiger partial charge in [-0.3, -0.25) is 4.99 Å². The molecule has 0 atom stereocenters. The summed E-state index contributed by atoms with van der Waals surface area (Å²) < 4.78 is 13.9. The highest BCUT2D eigenvalue weighted by molar-refractivity contribution is 7.98. The normalized spacial score (nSPS) is 13.6. The zero-order chi connectivity index (χ0) is 21.3. The van der Waals surface area contributed by atoms with Crippen LogP contribution in [0.3, 0.4) is 0 Å². The molecular weight excluding hydrogens is 462 g/mol. The highest BCUT2D eigenvalue weighted by atomic mass is 35.5. The number of hydrogen-bond acceptors (Lipinski definition) is 3. The molecule has 0 fully saturated rings. The van der Waals surface area contributed by atoms with E-state index < -0.39 is 0 Å². The minimum absolute atomic E-state index is 0.262. The van der Waals surface area contributed by atoms with Gasteiger partial charge in [0.25, 0.3) is 0 Å². The molecule has 0 saturated carbocycles. The van der Waals surface area contributed by atoms with Gasteiger partial charge in [-0.1, -0.05) is 53.0 Å². The van der Waals surface area contributed by atoms with Gasteiger partial charge in [0.2, 0.25) is 0 Å². The van der Waals surface area contributed by atoms with Crippen molar-refractivity contribution in [2.24, 2.45) is 4.99 Å². The number of benzene rings is 3. The van der Waals surface area contributed by atoms with Gasteiger partial charge in [0, 0.05) is 41.1 Å². The molecule has 0 unspecified atom stereocenters. The van der Waals surface area contributed by atoms with Crippen LogP contribution in [0.5, 0.6) is 0 Å². The lowest BCUT2D eigenvalue weighted by Gasteiger charge is -2.20. The molecule has 7 heteroatoms. The number of nitrogens with zero attached hydrogens (tertiary/aromatic N) is 2. The number of rotatable bonds is 4. The Morgan fingerprint density at radius 3 is 2.60 bits per heavy atom. The predicted molar refractivity (Wildman–Crippen MR) is 128 cm³/mol. The van der Waals surface area contributed by atoms with E-state index in [1.807, 2.05) is 42.3 Å². The molecule has 0 spiro atoms. The van der Waals surface area contributed by atoms with Crippen molar-refractivity contribution in [3.8, 4) is 0 Å². The Bertz CT molecular complexity index is 1130. The van der Waals surface area contributed by atoms with E-state index in [1.165, 1.54) is 6.07 Å². The van der Waals surface area contributed by atoms with Crippen LogP contribution in [0.15, 0.2) is 64.5 Å². The van der Waals surface area contributed by atoms with Gasteiger partial charge in [-0.05, 0) is 42.0 Å². The lowest BCUT2D eigenvalue weighted by molar-refractivity contribution is 0.627. The molecule has 0 aromatic heterocycles. The molecule has 4 rings (SSSR count). The molecular formula is C23H18Cl3FN2S. The molecule has 0 bridgehead atoms. The minimum atomic E-state index is -0.262. The van der Waals surface area contributed by atoms with E-state index in [-0.39, 0.29) is 5.82 Å². The maximum absolute atomic E-state index is 13.9. The Morgan fingerprint density at radius 1 is 0.967 bits per heavy atom. The first kappa shape index (κ1) is 21.5. The topological polar surface area (TPSA) is 15.6 Å². The summed E-state index contributed by atoms with van der Waals surface area (Å²) in [5.74, 6) is 0.416. The lowest BCUT2D eigenvalue weighted by Crippen LogP contribution is -2.20. The molecule has 1 aliphatic rings. The van der Waals surface area contributed by atoms with Crippen LogP contribution in [0.2, 0.25) is 15.1 Å². The number of thioether (sulfide) groups is 1. The summed E-state index contributed by atoms with van der Waals surface area (Å²) in [7, 11) is 1.95. The molecule has 0 radical (unpaired) electrons. The first-order valence-corrected chi connectivity index (χ1v) is 11.5. The van der Waals surface area contributed by atoms with Crippen LogP contribution < -0.4 is 4.90 Å². The van der Waals surface area contributed by atoms with Crippen LogP contribution in [0.4, 0.5) is 10.1 Å². The van der Waals surface area contributed by atoms with E-state index in [9.17, 15) is 4.39 Å². The number of aliphatic imine (C=N–C) groups is 1. The quantitative estimate of drug-likeness (QED) is 0.363. The third-order valence-corrected chi connectivity index (χ3v) is 7.29. The molecule has 3 aromatic rings. The second kappa shape index (κ2) is 9.19. The van der Waals surface area contributed by atoms with Gasteiger partial charge in [-0.15, -0.1) is 11.8 Å². The molecule has 1 aliphatic heterocycles. The standard InChI is InChI=1S/C23H18Cl3FN2S/c1-29-10-9-28-22(16-7-6-15(27)12-21(16)29)17-3-2-4-19(25)23(17)30-13-14-5-8-18(24)20(26)11-14/h2-8,11-12H,9-10,13H2,1H3. The number of anilines is 1. The Labute approximate surface area is 194 Å². The molecule has 0 amide bonds. The van der Waals surface area contributed by atoms with Crippen molar-refractivity contribution >= 4 is 58.0 Å². The Morgan fingerprint density at radius 2 is 1.80 bits per heavy atom. The summed E-state index contributed by atoms with van der Waals surface area (Å²) in [6.45, 7) is 1.33. The van der Waals surface area contributed by atoms with Crippen molar-refractivity contribution < 1.29 is 4.39 Å². The van der Waals surface area contributed by atoms with Gasteiger partial charge in [0.1, 0.15) is 5.82 Å². The molecule has 0 saturated heterocycles. The monoisotopic (exact) mass is 478 g/mol. The van der Waals surface area contributed by atoms with Crippen LogP contribution >= 0.6 is 46.6 Å². The maximum atomic E-state index is 13.9. The summed E-state index contributed by atoms with van der Waals surface area (Å²) in [4.78, 5) is 7.80. The van der Waals surface area contributed by atoms with Gasteiger partial charge in [0.15, 0.2) is 0 Å². The Balaban J connectivity index is 1.73. The lowest BCUT2D eigenvalue weighted by atomic mass is 10.00. The summed E-state index contributed by atoms with van der Waals surface area (Å²) in [6.07, 6.45) is 0. The third kappa shape index (κ3) is 4.47. The van der Waals surface area contributed by atoms with Gasteiger partial charge in [-0.25, -0.2) is 4.39 Å². The first-order valence-electron chi connectivity index (χ1n) is 9.35. The molecule has 3 aromatic carbocycles. The summed E-state index contributed by atoms with van der Waals surface area (Å²) in [5, 5.41) is 1.72. The number of hydrogen-bond donors (Lipinski definition) is 0. The Hall–Kier alpha value is -1.72. The van der Waals surface area contributed by atoms with Crippen LogP contribution in [0.25, 0.3) is 0 Å². The van der Waals surface area contributed by atoms with Gasteiger partial charge < -0.3 is 4.90 Å². The number of halogens is 4. The van der Waals surface area contributed by atoms with E-state index in [0.717, 1.165) is 33.0 Å². The molecule has 30 heavy (non-hydrogen) atoms. The number of likely N-dealkylation sites (N-methyl/N-ethyl adjacent to an activating group) is 1. The second-order valence-corrected chi connectivity index (χ2v) is 9.17. The predicted octanol–water partition coefficient (Wildman–Crippen LogP) is 7.37. The maximum Gasteiger partial charge on any atom is 0.125 e. The van der Waals surface area contributed by atoms with E-state index in [4.69, 9.17) is 39.8 Å². The first-order chi connectivity index (χ1) is 14.4. The highest BCUT2D eigenvalue weighted by Gasteiger charge is 2.21. The number of benzodiazepines with no additional fused rings is 1. The summed E-state index contributed by atoms with van der Waals surface area (Å²) in [6, 6.07) is 16.2. The van der Waals surface area contributed by atoms with Crippen LogP contribution in [0.1, 0.15) is 16.7 Å². The average Bonchev–Trinajstić information content (AvgIpc) is 2.88. The second-order valence-electron chi connectivity index (χ2n) is 6.97. The third-order valence-electron chi connectivity index (χ3n) is 4.92. The summed E-state index contributed by atoms with van der Waals surface area (Å²) in [5.41, 5.74) is 4.54. The van der Waals surface area contributed by atoms with Crippen molar-refractivity contribution in [3.63, 3.8) is 0 Å². The molecule has 1 heterocycles. The Kier molecular flexibility index (Phi) is 6.59. The highest BCUT2D eigenvalue weighted by Crippen LogP contribution is 2.37. The summed E-state index contributed by atoms with van der Waals surface area (Å²) >= 11 is 20.4. The zero-order valence-corrected chi connectivity index (χ0v) is 19.2. The van der Waals surface area contributed by atoms with Crippen molar-refractivity contribution in [1.82, 2.24) is 0 Å². The minimum Gasteiger partial charge on any atom is -0.372 e. The van der Waals surface area contributed by atoms with Crippen molar-refractivity contribution in [2.75, 3.05) is 25.0 Å². The molecule has 0 aliphatic carbocycles. The molecule has 0 N–H and O–H groups in total. The fourth-order valence-corrected chi connectivity index (χ4v) is 5.07. The average molecular weight is 480 g/mol. The number of fused-ring (bicyclic) bond motifs is 1. The van der Waals surface area contributed by atoms with Crippen LogP contribution in [-0.4, -0.2) is 25.8 Å². The molecule has 154 valence electrons. The van der Waals surface area contributed by atoms with Gasteiger partial charge >= 0.3 is 0 Å². The van der Waals surface area contributed by atoms with E-state index in [1.54, 1.807) is 30.0 Å². The van der Waals surface area contributed by atoms with E-state index in [2.05, 4.69) is 0 Å². The van der Waals surface area contributed by atoms with Gasteiger partial charge in [0.05, 0.1) is 27.3 Å². The van der Waals surface area contributed by atoms with E-state index >= 15 is 0 Å². The largest absolute Gasteiger partial charge is 0.372 e. The molecule has 2 nitrogen and oxygen atoms in total. The van der Waals surface area contributed by atoms with Crippen molar-refractivity contribution in [2.45, 2.75) is 10.6 Å². The van der Waals surface area contributed by atoms with Crippen LogP contribution in [0, 0.1) is 5.82 Å². The smallest absolute Gasteiger partial charge is 0.125 e.